The number of rotatable bonds is 2. The number of carbonyl (C=O) groups excluding carboxylic acids is 1. The van der Waals surface area contributed by atoms with Crippen LogP contribution in [-0.4, -0.2) is 32.5 Å². The van der Waals surface area contributed by atoms with Crippen molar-refractivity contribution in [3.05, 3.63) is 5.56 Å². The lowest BCUT2D eigenvalue weighted by atomic mass is 10.3. The van der Waals surface area contributed by atoms with Gasteiger partial charge in [-0.25, -0.2) is 0 Å². The van der Waals surface area contributed by atoms with Crippen LogP contribution >= 0.6 is 35.7 Å². The van der Waals surface area contributed by atoms with E-state index in [1.807, 2.05) is 6.26 Å². The number of hydrogen-bond acceptors (Lipinski definition) is 6. The standard InChI is InChI=1S/C7H10N4OS3/c1-14-6-3(5(9)12)4(8)11(10-6)7(13)15-2/h8H2,1-2H3,(H2,9,12). The zero-order valence-corrected chi connectivity index (χ0v) is 10.6. The first-order valence-electron chi connectivity index (χ1n) is 3.83. The number of anilines is 1. The maximum Gasteiger partial charge on any atom is 0.255 e. The number of amides is 1. The molecule has 0 fully saturated rings. The fraction of sp³-hybridized carbons (Fsp3) is 0.286. The summed E-state index contributed by atoms with van der Waals surface area (Å²) in [5.41, 5.74) is 11.2. The number of hydrogen-bond donors (Lipinski definition) is 2. The van der Waals surface area contributed by atoms with Crippen molar-refractivity contribution in [2.24, 2.45) is 5.73 Å². The third-order valence-corrected chi connectivity index (χ3v) is 3.54. The maximum absolute atomic E-state index is 11.2. The molecule has 82 valence electrons. The van der Waals surface area contributed by atoms with Crippen LogP contribution in [0.5, 0.6) is 0 Å². The lowest BCUT2D eigenvalue weighted by molar-refractivity contribution is 0.0998. The molecule has 0 spiro atoms. The number of carbonyl (C=O) groups is 1. The topological polar surface area (TPSA) is 86.9 Å². The molecule has 1 heterocycles. The predicted molar refractivity (Wildman–Crippen MR) is 68.4 cm³/mol. The second-order valence-corrected chi connectivity index (χ2v) is 4.75. The van der Waals surface area contributed by atoms with Gasteiger partial charge in [0.05, 0.1) is 0 Å². The number of aromatic nitrogens is 2. The van der Waals surface area contributed by atoms with Crippen LogP contribution in [0, 0.1) is 0 Å². The Balaban J connectivity index is 3.34. The van der Waals surface area contributed by atoms with E-state index in [9.17, 15) is 4.79 Å². The Morgan fingerprint density at radius 1 is 1.53 bits per heavy atom. The predicted octanol–water partition coefficient (Wildman–Crippen LogP) is 0.782. The molecule has 0 saturated heterocycles. The van der Waals surface area contributed by atoms with Gasteiger partial charge in [-0.2, -0.15) is 9.78 Å². The molecule has 5 nitrogen and oxygen atoms in total. The van der Waals surface area contributed by atoms with Gasteiger partial charge in [-0.1, -0.05) is 24.0 Å². The first-order chi connectivity index (χ1) is 7.02. The van der Waals surface area contributed by atoms with Gasteiger partial charge in [0.25, 0.3) is 5.91 Å². The van der Waals surface area contributed by atoms with Crippen molar-refractivity contribution in [1.29, 1.82) is 0 Å². The summed E-state index contributed by atoms with van der Waals surface area (Å²) < 4.78 is 1.83. The maximum atomic E-state index is 11.2. The van der Waals surface area contributed by atoms with E-state index in [1.165, 1.54) is 28.2 Å². The highest BCUT2D eigenvalue weighted by Gasteiger charge is 2.20. The summed E-state index contributed by atoms with van der Waals surface area (Å²) in [5.74, 6) is -0.391. The third-order valence-electron chi connectivity index (χ3n) is 1.68. The van der Waals surface area contributed by atoms with E-state index in [1.54, 1.807) is 6.26 Å². The number of nitrogens with zero attached hydrogens (tertiary/aromatic N) is 2. The van der Waals surface area contributed by atoms with Crippen LogP contribution in [0.4, 0.5) is 5.82 Å². The molecule has 0 aliphatic rings. The highest BCUT2D eigenvalue weighted by atomic mass is 32.2. The molecule has 1 rings (SSSR count). The third kappa shape index (κ3) is 2.27. The molecule has 0 aromatic carbocycles. The molecule has 1 aromatic heterocycles. The van der Waals surface area contributed by atoms with Gasteiger partial charge >= 0.3 is 0 Å². The van der Waals surface area contributed by atoms with Crippen LogP contribution < -0.4 is 11.5 Å². The lowest BCUT2D eigenvalue weighted by Gasteiger charge is -2.01. The van der Waals surface area contributed by atoms with E-state index in [4.69, 9.17) is 23.7 Å². The van der Waals surface area contributed by atoms with E-state index in [2.05, 4.69) is 5.10 Å². The minimum atomic E-state index is -0.591. The van der Waals surface area contributed by atoms with E-state index in [0.717, 1.165) is 0 Å². The van der Waals surface area contributed by atoms with Crippen LogP contribution in [0.15, 0.2) is 5.03 Å². The van der Waals surface area contributed by atoms with Crippen molar-refractivity contribution in [1.82, 2.24) is 9.78 Å². The van der Waals surface area contributed by atoms with E-state index >= 15 is 0 Å². The number of nitrogens with two attached hydrogens (primary N) is 2. The second kappa shape index (κ2) is 4.86. The van der Waals surface area contributed by atoms with Gasteiger partial charge in [0.2, 0.25) is 0 Å². The molecular weight excluding hydrogens is 252 g/mol. The molecule has 8 heteroatoms. The quantitative estimate of drug-likeness (QED) is 0.605. The monoisotopic (exact) mass is 262 g/mol. The van der Waals surface area contributed by atoms with Gasteiger partial charge in [-0.15, -0.1) is 11.8 Å². The van der Waals surface area contributed by atoms with Crippen LogP contribution in [0.25, 0.3) is 0 Å². The smallest absolute Gasteiger partial charge is 0.255 e. The Kier molecular flexibility index (Phi) is 4.00. The fourth-order valence-corrected chi connectivity index (χ4v) is 2.03. The SMILES string of the molecule is CSC(=S)n1nc(SC)c(C(N)=O)c1N. The van der Waals surface area contributed by atoms with Gasteiger partial charge in [-0.3, -0.25) is 4.79 Å². The van der Waals surface area contributed by atoms with E-state index in [0.29, 0.717) is 9.35 Å². The summed E-state index contributed by atoms with van der Waals surface area (Å²) in [4.78, 5) is 11.2. The lowest BCUT2D eigenvalue weighted by Crippen LogP contribution is -2.15. The van der Waals surface area contributed by atoms with Crippen LogP contribution in [0.3, 0.4) is 0 Å². The summed E-state index contributed by atoms with van der Waals surface area (Å²) in [7, 11) is 0. The Labute approximate surface area is 101 Å². The molecular formula is C7H10N4OS3. The first-order valence-corrected chi connectivity index (χ1v) is 6.69. The van der Waals surface area contributed by atoms with Gasteiger partial charge in [0, 0.05) is 0 Å². The zero-order chi connectivity index (χ0) is 11.6. The molecule has 0 radical (unpaired) electrons. The molecule has 4 N–H and O–H groups in total. The fourth-order valence-electron chi connectivity index (χ4n) is 1.01. The number of primary amides is 1. The largest absolute Gasteiger partial charge is 0.383 e. The minimum absolute atomic E-state index is 0.200. The Hall–Kier alpha value is -0.730. The zero-order valence-electron chi connectivity index (χ0n) is 8.18. The Morgan fingerprint density at radius 2 is 2.13 bits per heavy atom. The van der Waals surface area contributed by atoms with Crippen LogP contribution in [-0.2, 0) is 0 Å². The second-order valence-electron chi connectivity index (χ2n) is 2.52. The summed E-state index contributed by atoms with van der Waals surface area (Å²) in [6.07, 6.45) is 3.60. The molecule has 1 amide bonds. The molecule has 0 aliphatic heterocycles. The van der Waals surface area contributed by atoms with Gasteiger partial charge in [-0.05, 0) is 12.5 Å². The molecule has 15 heavy (non-hydrogen) atoms. The van der Waals surface area contributed by atoms with Gasteiger partial charge in [0.15, 0.2) is 4.32 Å². The van der Waals surface area contributed by atoms with Crippen molar-refractivity contribution in [3.63, 3.8) is 0 Å². The van der Waals surface area contributed by atoms with Crippen LogP contribution in [0.1, 0.15) is 10.4 Å². The number of thiocarbonyl (C=S) groups is 1. The Bertz CT molecular complexity index is 415. The normalized spacial score (nSPS) is 10.3. The average Bonchev–Trinajstić information content (AvgIpc) is 2.54. The van der Waals surface area contributed by atoms with Crippen LogP contribution in [0.2, 0.25) is 0 Å². The van der Waals surface area contributed by atoms with Gasteiger partial charge in [0.1, 0.15) is 16.4 Å². The molecule has 0 bridgehead atoms. The van der Waals surface area contributed by atoms with Crippen molar-refractivity contribution in [2.75, 3.05) is 18.2 Å². The molecule has 1 aromatic rings. The highest BCUT2D eigenvalue weighted by Crippen LogP contribution is 2.25. The van der Waals surface area contributed by atoms with Crippen molar-refractivity contribution < 1.29 is 4.79 Å². The summed E-state index contributed by atoms with van der Waals surface area (Å²) in [6.45, 7) is 0. The highest BCUT2D eigenvalue weighted by molar-refractivity contribution is 8.22. The van der Waals surface area contributed by atoms with E-state index < -0.39 is 5.91 Å². The summed E-state index contributed by atoms with van der Waals surface area (Å²) in [6, 6.07) is 0. The van der Waals surface area contributed by atoms with E-state index in [-0.39, 0.29) is 11.4 Å². The summed E-state index contributed by atoms with van der Waals surface area (Å²) >= 11 is 7.67. The first kappa shape index (κ1) is 12.3. The number of thioether (sulfide) groups is 2. The van der Waals surface area contributed by atoms with Crippen molar-refractivity contribution in [2.45, 2.75) is 5.03 Å². The minimum Gasteiger partial charge on any atom is -0.383 e. The number of nitrogen functional groups attached to an aromatic ring is 1. The summed E-state index contributed by atoms with van der Waals surface area (Å²) in [5, 5.41) is 4.61. The molecule has 0 atom stereocenters. The molecule has 0 aliphatic carbocycles. The molecule has 0 unspecified atom stereocenters. The van der Waals surface area contributed by atoms with Crippen molar-refractivity contribution >= 4 is 51.8 Å². The average molecular weight is 262 g/mol. The van der Waals surface area contributed by atoms with Crippen molar-refractivity contribution in [3.8, 4) is 0 Å². The molecule has 0 saturated carbocycles. The van der Waals surface area contributed by atoms with Gasteiger partial charge < -0.3 is 11.5 Å². The Morgan fingerprint density at radius 3 is 2.47 bits per heavy atom.